The summed E-state index contributed by atoms with van der Waals surface area (Å²) in [7, 11) is 2.22. The van der Waals surface area contributed by atoms with Crippen LogP contribution in [0.3, 0.4) is 0 Å². The Labute approximate surface area is 176 Å². The van der Waals surface area contributed by atoms with Gasteiger partial charge in [-0.1, -0.05) is 16.4 Å². The lowest BCUT2D eigenvalue weighted by atomic mass is 10.0. The van der Waals surface area contributed by atoms with Gasteiger partial charge in [-0.05, 0) is 57.0 Å². The number of halogens is 1. The first-order valence-electron chi connectivity index (χ1n) is 9.43. The molecular weight excluding hydrogens is 413 g/mol. The van der Waals surface area contributed by atoms with E-state index in [1.807, 2.05) is 0 Å². The third-order valence-electron chi connectivity index (χ3n) is 5.19. The van der Waals surface area contributed by atoms with Crippen molar-refractivity contribution in [3.05, 3.63) is 42.2 Å². The van der Waals surface area contributed by atoms with Crippen molar-refractivity contribution in [1.29, 1.82) is 0 Å². The van der Waals surface area contributed by atoms with Crippen molar-refractivity contribution >= 4 is 23.3 Å². The Kier molecular flexibility index (Phi) is 7.11. The Morgan fingerprint density at radius 2 is 1.67 bits per heavy atom. The fourth-order valence-corrected chi connectivity index (χ4v) is 4.48. The summed E-state index contributed by atoms with van der Waals surface area (Å²) >= 11 is 1.43. The number of hydrogen-bond acceptors (Lipinski definition) is 7. The van der Waals surface area contributed by atoms with E-state index in [0.717, 1.165) is 23.4 Å². The van der Waals surface area contributed by atoms with Gasteiger partial charge < -0.3 is 19.8 Å². The fraction of sp³-hybridized carbons (Fsp3) is 0.400. The summed E-state index contributed by atoms with van der Waals surface area (Å²) in [5, 5.41) is 25.3. The number of nitrogens with zero attached hydrogens (tertiary/aromatic N) is 3. The first-order chi connectivity index (χ1) is 14.3. The summed E-state index contributed by atoms with van der Waals surface area (Å²) in [6, 6.07) is 7.60. The summed E-state index contributed by atoms with van der Waals surface area (Å²) in [4.78, 5) is 21.6. The molecule has 2 saturated heterocycles. The van der Waals surface area contributed by atoms with E-state index in [1.165, 1.54) is 36.3 Å². The van der Waals surface area contributed by atoms with Crippen molar-refractivity contribution in [1.82, 2.24) is 15.1 Å². The molecule has 160 valence electrons. The first-order valence-corrected chi connectivity index (χ1v) is 10.3. The van der Waals surface area contributed by atoms with Crippen LogP contribution in [0.25, 0.3) is 10.6 Å². The van der Waals surface area contributed by atoms with Gasteiger partial charge in [-0.25, -0.2) is 14.0 Å². The quantitative estimate of drug-likeness (QED) is 0.689. The molecule has 0 spiro atoms. The Hall–Kier alpha value is -2.85. The maximum atomic E-state index is 13.0. The molecule has 4 rings (SSSR count). The number of carboxylic acids is 2. The molecular formula is C20H22FN3O5S. The number of fused-ring (bicyclic) bond motifs is 2. The molecule has 2 aliphatic heterocycles. The zero-order valence-corrected chi connectivity index (χ0v) is 17.1. The van der Waals surface area contributed by atoms with E-state index in [1.54, 1.807) is 12.1 Å². The highest BCUT2D eigenvalue weighted by atomic mass is 32.1. The molecule has 2 unspecified atom stereocenters. The average molecular weight is 435 g/mol. The van der Waals surface area contributed by atoms with E-state index in [2.05, 4.69) is 22.1 Å². The van der Waals surface area contributed by atoms with Crippen LogP contribution >= 0.6 is 11.3 Å². The van der Waals surface area contributed by atoms with E-state index in [4.69, 9.17) is 14.9 Å². The molecule has 0 radical (unpaired) electrons. The molecule has 0 saturated carbocycles. The lowest BCUT2D eigenvalue weighted by Crippen LogP contribution is -2.43. The van der Waals surface area contributed by atoms with Crippen LogP contribution < -0.4 is 4.74 Å². The van der Waals surface area contributed by atoms with Gasteiger partial charge in [0.2, 0.25) is 0 Å². The molecule has 2 fully saturated rings. The first kappa shape index (κ1) is 21.8. The largest absolute Gasteiger partial charge is 0.478 e. The van der Waals surface area contributed by atoms with Crippen molar-refractivity contribution in [2.75, 3.05) is 7.05 Å². The lowest BCUT2D eigenvalue weighted by molar-refractivity contribution is -0.134. The van der Waals surface area contributed by atoms with Crippen molar-refractivity contribution in [3.63, 3.8) is 0 Å². The molecule has 1 aromatic carbocycles. The van der Waals surface area contributed by atoms with E-state index >= 15 is 0 Å². The number of carboxylic acid groups (broad SMARTS) is 2. The van der Waals surface area contributed by atoms with Gasteiger partial charge in [0.25, 0.3) is 5.19 Å². The maximum absolute atomic E-state index is 13.0. The van der Waals surface area contributed by atoms with Gasteiger partial charge in [-0.3, -0.25) is 0 Å². The minimum atomic E-state index is -1.26. The second-order valence-electron chi connectivity index (χ2n) is 7.15. The van der Waals surface area contributed by atoms with Crippen molar-refractivity contribution in [2.45, 2.75) is 43.9 Å². The number of rotatable bonds is 5. The smallest absolute Gasteiger partial charge is 0.328 e. The predicted octanol–water partition coefficient (Wildman–Crippen LogP) is 3.06. The lowest BCUT2D eigenvalue weighted by Gasteiger charge is -2.35. The van der Waals surface area contributed by atoms with Crippen LogP contribution in [0.4, 0.5) is 4.39 Å². The second-order valence-corrected chi connectivity index (χ2v) is 8.09. The molecule has 0 amide bonds. The standard InChI is InChI=1S/C16H18FN3OS.C4H4O4/c1-20-12-6-7-13(20)9-14(8-12)21-16-19-18-15(22-16)10-2-4-11(17)5-3-10;5-3(6)1-2-4(7)8/h2-5,12-14H,6-9H2,1H3;1-2H,(H,5,6)(H,7,8)/b;2-1+. The summed E-state index contributed by atoms with van der Waals surface area (Å²) in [6.07, 6.45) is 6.04. The molecule has 2 N–H and O–H groups in total. The minimum Gasteiger partial charge on any atom is -0.478 e. The molecule has 0 aliphatic carbocycles. The average Bonchev–Trinajstić information content (AvgIpc) is 3.22. The van der Waals surface area contributed by atoms with Crippen molar-refractivity contribution < 1.29 is 28.9 Å². The van der Waals surface area contributed by atoms with Crippen molar-refractivity contribution in [2.24, 2.45) is 0 Å². The van der Waals surface area contributed by atoms with E-state index in [-0.39, 0.29) is 11.9 Å². The zero-order valence-electron chi connectivity index (χ0n) is 16.3. The molecule has 1 aromatic heterocycles. The summed E-state index contributed by atoms with van der Waals surface area (Å²) < 4.78 is 19.0. The van der Waals surface area contributed by atoms with Gasteiger partial charge in [0.15, 0.2) is 5.01 Å². The van der Waals surface area contributed by atoms with Crippen molar-refractivity contribution in [3.8, 4) is 15.8 Å². The maximum Gasteiger partial charge on any atom is 0.328 e. The number of piperidine rings is 1. The van der Waals surface area contributed by atoms with Gasteiger partial charge in [0, 0.05) is 29.8 Å². The second kappa shape index (κ2) is 9.77. The zero-order chi connectivity index (χ0) is 21.7. The van der Waals surface area contributed by atoms with Crippen LogP contribution in [0.2, 0.25) is 0 Å². The SMILES string of the molecule is CN1C2CCC1CC(Oc1nnc(-c3ccc(F)cc3)s1)C2.O=C(O)/C=C/C(=O)O. The highest BCUT2D eigenvalue weighted by Gasteiger charge is 2.39. The normalized spacial score (nSPS) is 23.1. The molecule has 10 heteroatoms. The number of aromatic nitrogens is 2. The van der Waals surface area contributed by atoms with Crippen LogP contribution in [0, 0.1) is 5.82 Å². The van der Waals surface area contributed by atoms with Crippen LogP contribution in [-0.2, 0) is 9.59 Å². The van der Waals surface area contributed by atoms with Gasteiger partial charge in [0.1, 0.15) is 11.9 Å². The Morgan fingerprint density at radius 1 is 1.10 bits per heavy atom. The molecule has 2 aromatic rings. The minimum absolute atomic E-state index is 0.239. The van der Waals surface area contributed by atoms with Crippen LogP contribution in [-0.4, -0.2) is 62.5 Å². The number of carbonyl (C=O) groups is 2. The Morgan fingerprint density at radius 3 is 2.20 bits per heavy atom. The van der Waals surface area contributed by atoms with Gasteiger partial charge in [-0.15, -0.1) is 5.10 Å². The van der Waals surface area contributed by atoms with Crippen LogP contribution in [0.15, 0.2) is 36.4 Å². The monoisotopic (exact) mass is 435 g/mol. The van der Waals surface area contributed by atoms with E-state index < -0.39 is 11.9 Å². The van der Waals surface area contributed by atoms with Gasteiger partial charge in [-0.2, -0.15) is 0 Å². The molecule has 2 bridgehead atoms. The molecule has 30 heavy (non-hydrogen) atoms. The molecule has 8 nitrogen and oxygen atoms in total. The number of hydrogen-bond donors (Lipinski definition) is 2. The van der Waals surface area contributed by atoms with Gasteiger partial charge in [0.05, 0.1) is 0 Å². The van der Waals surface area contributed by atoms with Crippen LogP contribution in [0.5, 0.6) is 5.19 Å². The molecule has 2 atom stereocenters. The topological polar surface area (TPSA) is 113 Å². The Bertz CT molecular complexity index is 887. The Balaban J connectivity index is 0.000000275. The molecule has 2 aliphatic rings. The third-order valence-corrected chi connectivity index (χ3v) is 6.05. The van der Waals surface area contributed by atoms with E-state index in [0.29, 0.717) is 29.4 Å². The highest BCUT2D eigenvalue weighted by molar-refractivity contribution is 7.16. The van der Waals surface area contributed by atoms with E-state index in [9.17, 15) is 14.0 Å². The number of aliphatic carboxylic acids is 2. The molecule has 3 heterocycles. The van der Waals surface area contributed by atoms with Gasteiger partial charge >= 0.3 is 11.9 Å². The predicted molar refractivity (Wildman–Crippen MR) is 108 cm³/mol. The summed E-state index contributed by atoms with van der Waals surface area (Å²) in [5.41, 5.74) is 0.872. The number of ether oxygens (including phenoxy) is 1. The van der Waals surface area contributed by atoms with Crippen LogP contribution in [0.1, 0.15) is 25.7 Å². The highest BCUT2D eigenvalue weighted by Crippen LogP contribution is 2.37. The summed E-state index contributed by atoms with van der Waals surface area (Å²) in [6.45, 7) is 0. The fourth-order valence-electron chi connectivity index (χ4n) is 3.71. The number of benzene rings is 1. The third kappa shape index (κ3) is 5.83. The summed E-state index contributed by atoms with van der Waals surface area (Å²) in [5.74, 6) is -2.76.